The fourth-order valence-electron chi connectivity index (χ4n) is 2.43. The molecule has 1 aliphatic rings. The molecule has 2 aromatic rings. The van der Waals surface area contributed by atoms with Crippen LogP contribution in [0.15, 0.2) is 29.6 Å². The van der Waals surface area contributed by atoms with E-state index in [2.05, 4.69) is 10.3 Å². The summed E-state index contributed by atoms with van der Waals surface area (Å²) in [5.41, 5.74) is 1.59. The Morgan fingerprint density at radius 2 is 2.09 bits per heavy atom. The van der Waals surface area contributed by atoms with E-state index in [1.165, 1.54) is 37.1 Å². The molecule has 122 valence electrons. The van der Waals surface area contributed by atoms with E-state index in [0.29, 0.717) is 11.5 Å². The zero-order valence-corrected chi connectivity index (χ0v) is 13.9. The lowest BCUT2D eigenvalue weighted by molar-refractivity contribution is -0.143. The van der Waals surface area contributed by atoms with E-state index in [1.54, 1.807) is 23.5 Å². The molecule has 1 fully saturated rings. The number of ether oxygens (including phenoxy) is 1. The molecule has 1 heterocycles. The fraction of sp³-hybridized carbons (Fsp3) is 0.412. The summed E-state index contributed by atoms with van der Waals surface area (Å²) < 4.78 is 18.0. The molecule has 1 aromatic carbocycles. The van der Waals surface area contributed by atoms with Gasteiger partial charge in [-0.15, -0.1) is 11.3 Å². The number of carbonyl (C=O) groups excluding carboxylic acids is 1. The van der Waals surface area contributed by atoms with Crippen molar-refractivity contribution in [1.82, 2.24) is 10.3 Å². The number of benzene rings is 1. The Bertz CT molecular complexity index is 682. The standard InChI is InChI=1S/C17H19FN2O2S/c1-10(14-9-23-16(20-14)12-3-4-12)19-15(17(21)22-2)11-5-7-13(18)8-6-11/h5-10,12,15,19H,3-4H2,1-2H3/t10-,15-/m0/s1. The van der Waals surface area contributed by atoms with E-state index in [-0.39, 0.29) is 11.9 Å². The average Bonchev–Trinajstić information content (AvgIpc) is 3.29. The molecular weight excluding hydrogens is 315 g/mol. The molecule has 0 spiro atoms. The maximum atomic E-state index is 13.1. The second-order valence-electron chi connectivity index (χ2n) is 5.78. The van der Waals surface area contributed by atoms with Crippen LogP contribution in [0.4, 0.5) is 4.39 Å². The average molecular weight is 334 g/mol. The minimum absolute atomic E-state index is 0.104. The zero-order chi connectivity index (χ0) is 16.4. The van der Waals surface area contributed by atoms with Crippen LogP contribution < -0.4 is 5.32 Å². The Morgan fingerprint density at radius 3 is 2.70 bits per heavy atom. The smallest absolute Gasteiger partial charge is 0.327 e. The van der Waals surface area contributed by atoms with Gasteiger partial charge in [-0.25, -0.2) is 14.2 Å². The molecule has 2 atom stereocenters. The number of nitrogens with one attached hydrogen (secondary N) is 1. The SMILES string of the molecule is COC(=O)[C@@H](N[C@@H](C)c1csc(C2CC2)n1)c1ccc(F)cc1. The van der Waals surface area contributed by atoms with Gasteiger partial charge in [-0.1, -0.05) is 12.1 Å². The number of halogens is 1. The number of hydrogen-bond acceptors (Lipinski definition) is 5. The maximum Gasteiger partial charge on any atom is 0.327 e. The lowest BCUT2D eigenvalue weighted by Crippen LogP contribution is -2.32. The lowest BCUT2D eigenvalue weighted by atomic mass is 10.1. The molecule has 1 aromatic heterocycles. The highest BCUT2D eigenvalue weighted by Crippen LogP contribution is 2.41. The number of hydrogen-bond donors (Lipinski definition) is 1. The Balaban J connectivity index is 1.76. The van der Waals surface area contributed by atoms with Crippen LogP contribution in [0.5, 0.6) is 0 Å². The molecule has 6 heteroatoms. The summed E-state index contributed by atoms with van der Waals surface area (Å²) in [7, 11) is 1.35. The highest BCUT2D eigenvalue weighted by atomic mass is 32.1. The summed E-state index contributed by atoms with van der Waals surface area (Å²) in [6.07, 6.45) is 2.43. The topological polar surface area (TPSA) is 51.2 Å². The summed E-state index contributed by atoms with van der Waals surface area (Å²) in [4.78, 5) is 16.8. The minimum atomic E-state index is -0.651. The molecule has 4 nitrogen and oxygen atoms in total. The molecule has 23 heavy (non-hydrogen) atoms. The van der Waals surface area contributed by atoms with Gasteiger partial charge in [0.05, 0.1) is 17.8 Å². The van der Waals surface area contributed by atoms with Crippen LogP contribution in [0, 0.1) is 5.82 Å². The Kier molecular flexibility index (Phi) is 4.73. The Hall–Kier alpha value is -1.79. The van der Waals surface area contributed by atoms with Crippen molar-refractivity contribution in [1.29, 1.82) is 0 Å². The summed E-state index contributed by atoms with van der Waals surface area (Å²) >= 11 is 1.67. The predicted octanol–water partition coefficient (Wildman–Crippen LogP) is 3.72. The van der Waals surface area contributed by atoms with Crippen molar-refractivity contribution in [2.45, 2.75) is 37.8 Å². The molecule has 1 saturated carbocycles. The molecule has 0 unspecified atom stereocenters. The first-order valence-corrected chi connectivity index (χ1v) is 8.51. The Labute approximate surface area is 138 Å². The van der Waals surface area contributed by atoms with Crippen LogP contribution >= 0.6 is 11.3 Å². The minimum Gasteiger partial charge on any atom is -0.468 e. The highest BCUT2D eigenvalue weighted by molar-refractivity contribution is 7.09. The summed E-state index contributed by atoms with van der Waals surface area (Å²) in [5.74, 6) is -0.116. The second kappa shape index (κ2) is 6.76. The van der Waals surface area contributed by atoms with Crippen LogP contribution in [0.1, 0.15) is 54.0 Å². The molecule has 0 radical (unpaired) electrons. The first-order valence-electron chi connectivity index (χ1n) is 7.63. The number of thiazole rings is 1. The van der Waals surface area contributed by atoms with Gasteiger partial charge in [0.1, 0.15) is 11.9 Å². The van der Waals surface area contributed by atoms with Crippen LogP contribution in [-0.4, -0.2) is 18.1 Å². The molecule has 3 rings (SSSR count). The van der Waals surface area contributed by atoms with Crippen LogP contribution in [0.2, 0.25) is 0 Å². The number of aromatic nitrogens is 1. The molecule has 1 N–H and O–H groups in total. The van der Waals surface area contributed by atoms with Crippen molar-refractivity contribution >= 4 is 17.3 Å². The van der Waals surface area contributed by atoms with Crippen LogP contribution in [-0.2, 0) is 9.53 Å². The largest absolute Gasteiger partial charge is 0.468 e. The molecule has 0 aliphatic heterocycles. The fourth-order valence-corrected chi connectivity index (χ4v) is 3.51. The molecule has 0 saturated heterocycles. The Morgan fingerprint density at radius 1 is 1.39 bits per heavy atom. The van der Waals surface area contributed by atoms with Crippen LogP contribution in [0.25, 0.3) is 0 Å². The van der Waals surface area contributed by atoms with E-state index in [0.717, 1.165) is 5.69 Å². The van der Waals surface area contributed by atoms with Gasteiger partial charge in [-0.2, -0.15) is 0 Å². The predicted molar refractivity (Wildman–Crippen MR) is 86.8 cm³/mol. The van der Waals surface area contributed by atoms with Crippen molar-refractivity contribution in [3.05, 3.63) is 51.7 Å². The highest BCUT2D eigenvalue weighted by Gasteiger charge is 2.28. The number of carbonyl (C=O) groups is 1. The van der Waals surface area contributed by atoms with Gasteiger partial charge in [0, 0.05) is 17.3 Å². The van der Waals surface area contributed by atoms with Crippen LogP contribution in [0.3, 0.4) is 0 Å². The van der Waals surface area contributed by atoms with Gasteiger partial charge in [-0.3, -0.25) is 5.32 Å². The van der Waals surface area contributed by atoms with Crippen molar-refractivity contribution in [2.75, 3.05) is 7.11 Å². The van der Waals surface area contributed by atoms with Gasteiger partial charge in [0.2, 0.25) is 0 Å². The molecule has 0 amide bonds. The quantitative estimate of drug-likeness (QED) is 0.818. The van der Waals surface area contributed by atoms with E-state index in [4.69, 9.17) is 4.74 Å². The van der Waals surface area contributed by atoms with Gasteiger partial charge in [-0.05, 0) is 37.5 Å². The summed E-state index contributed by atoms with van der Waals surface area (Å²) in [5, 5.41) is 6.44. The first-order chi connectivity index (χ1) is 11.1. The van der Waals surface area contributed by atoms with E-state index < -0.39 is 12.0 Å². The zero-order valence-electron chi connectivity index (χ0n) is 13.1. The van der Waals surface area contributed by atoms with Gasteiger partial charge < -0.3 is 4.74 Å². The van der Waals surface area contributed by atoms with Gasteiger partial charge in [0.25, 0.3) is 0 Å². The third kappa shape index (κ3) is 3.76. The first kappa shape index (κ1) is 16.1. The monoisotopic (exact) mass is 334 g/mol. The number of nitrogens with zero attached hydrogens (tertiary/aromatic N) is 1. The number of methoxy groups -OCH3 is 1. The van der Waals surface area contributed by atoms with Gasteiger partial charge >= 0.3 is 5.97 Å². The normalized spacial score (nSPS) is 16.8. The van der Waals surface area contributed by atoms with E-state index in [1.807, 2.05) is 12.3 Å². The van der Waals surface area contributed by atoms with E-state index >= 15 is 0 Å². The lowest BCUT2D eigenvalue weighted by Gasteiger charge is -2.21. The van der Waals surface area contributed by atoms with Crippen molar-refractivity contribution in [2.24, 2.45) is 0 Å². The molecule has 1 aliphatic carbocycles. The van der Waals surface area contributed by atoms with Crippen molar-refractivity contribution < 1.29 is 13.9 Å². The number of rotatable bonds is 6. The molecule has 0 bridgehead atoms. The van der Waals surface area contributed by atoms with E-state index in [9.17, 15) is 9.18 Å². The third-order valence-electron chi connectivity index (χ3n) is 3.97. The van der Waals surface area contributed by atoms with Crippen molar-refractivity contribution in [3.63, 3.8) is 0 Å². The molecular formula is C17H19FN2O2S. The maximum absolute atomic E-state index is 13.1. The van der Waals surface area contributed by atoms with Gasteiger partial charge in [0.15, 0.2) is 0 Å². The van der Waals surface area contributed by atoms with Crippen molar-refractivity contribution in [3.8, 4) is 0 Å². The third-order valence-corrected chi connectivity index (χ3v) is 4.99. The number of esters is 1. The summed E-state index contributed by atoms with van der Waals surface area (Å²) in [6.45, 7) is 1.96. The second-order valence-corrected chi connectivity index (χ2v) is 6.67. The summed E-state index contributed by atoms with van der Waals surface area (Å²) in [6, 6.07) is 5.10.